The molecule has 0 spiro atoms. The minimum absolute atomic E-state index is 0.326. The third-order valence-corrected chi connectivity index (χ3v) is 3.20. The van der Waals surface area contributed by atoms with Gasteiger partial charge in [-0.25, -0.2) is 4.98 Å². The van der Waals surface area contributed by atoms with E-state index >= 15 is 0 Å². The van der Waals surface area contributed by atoms with Gasteiger partial charge in [-0.05, 0) is 37.6 Å². The Morgan fingerprint density at radius 2 is 1.95 bits per heavy atom. The first-order valence-electron chi connectivity index (χ1n) is 6.58. The minimum atomic E-state index is 0.326. The molecule has 0 N–H and O–H groups in total. The van der Waals surface area contributed by atoms with Gasteiger partial charge in [0.25, 0.3) is 0 Å². The van der Waals surface area contributed by atoms with Gasteiger partial charge in [-0.3, -0.25) is 4.98 Å². The zero-order valence-electron chi connectivity index (χ0n) is 11.8. The van der Waals surface area contributed by atoms with Crippen molar-refractivity contribution in [1.29, 1.82) is 5.26 Å². The zero-order chi connectivity index (χ0) is 14.8. The van der Waals surface area contributed by atoms with Crippen LogP contribution in [0, 0.1) is 25.2 Å². The van der Waals surface area contributed by atoms with Gasteiger partial charge < -0.3 is 4.74 Å². The van der Waals surface area contributed by atoms with E-state index in [1.807, 2.05) is 50.2 Å². The van der Waals surface area contributed by atoms with Crippen LogP contribution in [0.25, 0.3) is 10.9 Å². The number of fused-ring (bicyclic) bond motifs is 1. The van der Waals surface area contributed by atoms with E-state index in [1.165, 1.54) is 0 Å². The Bertz CT molecular complexity index is 866. The fourth-order valence-electron chi connectivity index (χ4n) is 2.23. The first-order chi connectivity index (χ1) is 10.2. The average Bonchev–Trinajstić information content (AvgIpc) is 2.47. The molecular weight excluding hydrogens is 262 g/mol. The van der Waals surface area contributed by atoms with Crippen LogP contribution < -0.4 is 4.74 Å². The predicted octanol–water partition coefficient (Wildman–Crippen LogP) is 3.91. The number of pyridine rings is 2. The molecule has 0 saturated carbocycles. The number of aryl methyl sites for hydroxylation is 2. The molecule has 0 radical (unpaired) electrons. The fraction of sp³-hybridized carbons (Fsp3) is 0.118. The normalized spacial score (nSPS) is 10.3. The standard InChI is InChI=1S/C17H13N3O/c1-11-7-12(2)20-17(15(11)9-18)21-14-8-13-5-3-4-6-16(13)19-10-14/h3-8,10H,1-2H3. The van der Waals surface area contributed by atoms with E-state index in [0.29, 0.717) is 17.2 Å². The molecule has 0 bridgehead atoms. The highest BCUT2D eigenvalue weighted by Gasteiger charge is 2.11. The number of rotatable bonds is 2. The predicted molar refractivity (Wildman–Crippen MR) is 80.2 cm³/mol. The number of hydrogen-bond acceptors (Lipinski definition) is 4. The molecule has 0 aliphatic heterocycles. The van der Waals surface area contributed by atoms with Gasteiger partial charge in [-0.1, -0.05) is 18.2 Å². The van der Waals surface area contributed by atoms with Gasteiger partial charge in [0.15, 0.2) is 0 Å². The maximum absolute atomic E-state index is 9.25. The number of nitriles is 1. The summed E-state index contributed by atoms with van der Waals surface area (Å²) in [4.78, 5) is 8.65. The van der Waals surface area contributed by atoms with Crippen LogP contribution in [0.1, 0.15) is 16.8 Å². The molecule has 3 aromatic rings. The molecule has 0 saturated heterocycles. The van der Waals surface area contributed by atoms with E-state index in [2.05, 4.69) is 16.0 Å². The monoisotopic (exact) mass is 275 g/mol. The van der Waals surface area contributed by atoms with Crippen LogP contribution in [0.2, 0.25) is 0 Å². The van der Waals surface area contributed by atoms with Crippen molar-refractivity contribution in [3.05, 3.63) is 59.4 Å². The molecule has 21 heavy (non-hydrogen) atoms. The second-order valence-electron chi connectivity index (χ2n) is 4.84. The van der Waals surface area contributed by atoms with Crippen LogP contribution in [0.5, 0.6) is 11.6 Å². The van der Waals surface area contributed by atoms with Gasteiger partial charge in [0.05, 0.1) is 11.7 Å². The lowest BCUT2D eigenvalue weighted by atomic mass is 10.1. The number of aromatic nitrogens is 2. The van der Waals surface area contributed by atoms with E-state index in [1.54, 1.807) is 6.20 Å². The largest absolute Gasteiger partial charge is 0.436 e. The third-order valence-electron chi connectivity index (χ3n) is 3.20. The Kier molecular flexibility index (Phi) is 3.25. The van der Waals surface area contributed by atoms with Crippen LogP contribution in [0.15, 0.2) is 42.6 Å². The first-order valence-corrected chi connectivity index (χ1v) is 6.58. The van der Waals surface area contributed by atoms with Gasteiger partial charge in [0, 0.05) is 11.1 Å². The highest BCUT2D eigenvalue weighted by molar-refractivity contribution is 5.79. The van der Waals surface area contributed by atoms with E-state index in [4.69, 9.17) is 4.74 Å². The summed E-state index contributed by atoms with van der Waals surface area (Å²) >= 11 is 0. The summed E-state index contributed by atoms with van der Waals surface area (Å²) in [6.07, 6.45) is 1.64. The van der Waals surface area contributed by atoms with Gasteiger partial charge in [-0.2, -0.15) is 5.26 Å². The SMILES string of the molecule is Cc1cc(C)c(C#N)c(Oc2cnc3ccccc3c2)n1. The highest BCUT2D eigenvalue weighted by Crippen LogP contribution is 2.27. The van der Waals surface area contributed by atoms with Crippen molar-refractivity contribution in [3.8, 4) is 17.7 Å². The lowest BCUT2D eigenvalue weighted by Gasteiger charge is -2.09. The van der Waals surface area contributed by atoms with Crippen molar-refractivity contribution in [2.24, 2.45) is 0 Å². The molecule has 0 aliphatic carbocycles. The molecule has 4 heteroatoms. The van der Waals surface area contributed by atoms with Crippen LogP contribution in [0.4, 0.5) is 0 Å². The zero-order valence-corrected chi connectivity index (χ0v) is 11.8. The number of para-hydroxylation sites is 1. The minimum Gasteiger partial charge on any atom is -0.436 e. The number of benzene rings is 1. The summed E-state index contributed by atoms with van der Waals surface area (Å²) < 4.78 is 5.77. The van der Waals surface area contributed by atoms with Crippen molar-refractivity contribution < 1.29 is 4.74 Å². The van der Waals surface area contributed by atoms with Crippen LogP contribution in [-0.2, 0) is 0 Å². The highest BCUT2D eigenvalue weighted by atomic mass is 16.5. The van der Waals surface area contributed by atoms with Crippen LogP contribution >= 0.6 is 0 Å². The Morgan fingerprint density at radius 1 is 1.14 bits per heavy atom. The Hall–Kier alpha value is -2.93. The van der Waals surface area contributed by atoms with Gasteiger partial charge in [0.1, 0.15) is 17.4 Å². The Labute approximate surface area is 122 Å². The maximum Gasteiger partial charge on any atom is 0.237 e. The van der Waals surface area contributed by atoms with Crippen molar-refractivity contribution in [2.75, 3.05) is 0 Å². The molecule has 0 amide bonds. The van der Waals surface area contributed by atoms with E-state index < -0.39 is 0 Å². The van der Waals surface area contributed by atoms with Gasteiger partial charge >= 0.3 is 0 Å². The molecular formula is C17H13N3O. The summed E-state index contributed by atoms with van der Waals surface area (Å²) in [5, 5.41) is 10.2. The second kappa shape index (κ2) is 5.22. The fourth-order valence-corrected chi connectivity index (χ4v) is 2.23. The summed E-state index contributed by atoms with van der Waals surface area (Å²) in [6, 6.07) is 13.7. The quantitative estimate of drug-likeness (QED) is 0.711. The molecule has 102 valence electrons. The van der Waals surface area contributed by atoms with Gasteiger partial charge in [-0.15, -0.1) is 0 Å². The molecule has 2 heterocycles. The smallest absolute Gasteiger partial charge is 0.237 e. The first kappa shape index (κ1) is 13.1. The number of hydrogen-bond donors (Lipinski definition) is 0. The van der Waals surface area contributed by atoms with E-state index in [-0.39, 0.29) is 0 Å². The molecule has 0 aliphatic rings. The van der Waals surface area contributed by atoms with Gasteiger partial charge in [0.2, 0.25) is 5.88 Å². The summed E-state index contributed by atoms with van der Waals surface area (Å²) in [5.41, 5.74) is 3.02. The van der Waals surface area contributed by atoms with Crippen molar-refractivity contribution in [1.82, 2.24) is 9.97 Å². The average molecular weight is 275 g/mol. The summed E-state index contributed by atoms with van der Waals surface area (Å²) in [7, 11) is 0. The van der Waals surface area contributed by atoms with Crippen LogP contribution in [-0.4, -0.2) is 9.97 Å². The molecule has 4 nitrogen and oxygen atoms in total. The third kappa shape index (κ3) is 2.54. The molecule has 0 atom stereocenters. The molecule has 2 aromatic heterocycles. The topological polar surface area (TPSA) is 58.8 Å². The van der Waals surface area contributed by atoms with Crippen molar-refractivity contribution in [3.63, 3.8) is 0 Å². The Morgan fingerprint density at radius 3 is 2.76 bits per heavy atom. The van der Waals surface area contributed by atoms with Crippen molar-refractivity contribution in [2.45, 2.75) is 13.8 Å². The number of nitrogens with zero attached hydrogens (tertiary/aromatic N) is 3. The second-order valence-corrected chi connectivity index (χ2v) is 4.84. The lowest BCUT2D eigenvalue weighted by molar-refractivity contribution is 0.458. The van der Waals surface area contributed by atoms with E-state index in [9.17, 15) is 5.26 Å². The summed E-state index contributed by atoms with van der Waals surface area (Å²) in [5.74, 6) is 0.898. The summed E-state index contributed by atoms with van der Waals surface area (Å²) in [6.45, 7) is 3.75. The molecule has 1 aromatic carbocycles. The van der Waals surface area contributed by atoms with Crippen molar-refractivity contribution >= 4 is 10.9 Å². The number of ether oxygens (including phenoxy) is 1. The molecule has 0 unspecified atom stereocenters. The molecule has 3 rings (SSSR count). The van der Waals surface area contributed by atoms with Crippen LogP contribution in [0.3, 0.4) is 0 Å². The Balaban J connectivity index is 2.04. The van der Waals surface area contributed by atoms with E-state index in [0.717, 1.165) is 22.2 Å². The lowest BCUT2D eigenvalue weighted by Crippen LogP contribution is -1.97. The maximum atomic E-state index is 9.25. The molecule has 0 fully saturated rings.